The quantitative estimate of drug-likeness (QED) is 0.788. The van der Waals surface area contributed by atoms with Gasteiger partial charge in [0.2, 0.25) is 11.8 Å². The summed E-state index contributed by atoms with van der Waals surface area (Å²) in [5.41, 5.74) is -1.41. The van der Waals surface area contributed by atoms with E-state index in [0.717, 1.165) is 38.5 Å². The van der Waals surface area contributed by atoms with Crippen LogP contribution in [0.25, 0.3) is 0 Å². The summed E-state index contributed by atoms with van der Waals surface area (Å²) in [5.74, 6) is 0.0729. The number of piperazine rings is 1. The molecule has 0 aromatic heterocycles. The van der Waals surface area contributed by atoms with Crippen LogP contribution in [0.3, 0.4) is 0 Å². The van der Waals surface area contributed by atoms with Crippen LogP contribution in [-0.2, 0) is 14.3 Å². The Balaban J connectivity index is 2.13. The van der Waals surface area contributed by atoms with Crippen molar-refractivity contribution in [1.82, 2.24) is 10.2 Å². The minimum atomic E-state index is -0.772. The van der Waals surface area contributed by atoms with Gasteiger partial charge in [0, 0.05) is 19.8 Å². The smallest absolute Gasteiger partial charge is 0.249 e. The Morgan fingerprint density at radius 1 is 1.19 bits per heavy atom. The molecule has 0 radical (unpaired) electrons. The molecule has 1 aliphatic heterocycles. The molecule has 2 rings (SSSR count). The fourth-order valence-corrected chi connectivity index (χ4v) is 3.40. The standard InChI is InChI=1S/C16H28N2O3/c1-4-21-12-8-11-18-14(20)16(9-6-5-7-10-16)17-13(19)15(18,2)3/h4-12H2,1-3H3,(H,17,19). The molecule has 0 atom stereocenters. The molecule has 5 heteroatoms. The number of nitrogens with zero attached hydrogens (tertiary/aromatic N) is 1. The summed E-state index contributed by atoms with van der Waals surface area (Å²) in [6.45, 7) is 7.52. The number of hydrogen-bond donors (Lipinski definition) is 1. The van der Waals surface area contributed by atoms with E-state index in [1.54, 1.807) is 4.90 Å². The maximum absolute atomic E-state index is 13.0. The third-order valence-corrected chi connectivity index (χ3v) is 4.82. The van der Waals surface area contributed by atoms with E-state index in [0.29, 0.717) is 19.8 Å². The van der Waals surface area contributed by atoms with Crippen LogP contribution in [0.1, 0.15) is 59.3 Å². The molecular formula is C16H28N2O3. The number of ether oxygens (including phenoxy) is 1. The summed E-state index contributed by atoms with van der Waals surface area (Å²) >= 11 is 0. The number of carbonyl (C=O) groups is 2. The van der Waals surface area contributed by atoms with Gasteiger partial charge in [-0.1, -0.05) is 19.3 Å². The van der Waals surface area contributed by atoms with E-state index >= 15 is 0 Å². The number of rotatable bonds is 5. The highest BCUT2D eigenvalue weighted by Crippen LogP contribution is 2.36. The van der Waals surface area contributed by atoms with Gasteiger partial charge in [0.15, 0.2) is 0 Å². The first kappa shape index (κ1) is 16.3. The van der Waals surface area contributed by atoms with Crippen molar-refractivity contribution in [2.75, 3.05) is 19.8 Å². The average molecular weight is 296 g/mol. The first-order chi connectivity index (χ1) is 9.94. The minimum absolute atomic E-state index is 0.0274. The predicted octanol–water partition coefficient (Wildman–Crippen LogP) is 1.85. The lowest BCUT2D eigenvalue weighted by Crippen LogP contribution is -2.74. The monoisotopic (exact) mass is 296 g/mol. The number of hydrogen-bond acceptors (Lipinski definition) is 3. The Morgan fingerprint density at radius 3 is 2.48 bits per heavy atom. The topological polar surface area (TPSA) is 58.6 Å². The van der Waals surface area contributed by atoms with E-state index in [1.165, 1.54) is 0 Å². The summed E-state index contributed by atoms with van der Waals surface area (Å²) in [6, 6.07) is 0. The molecule has 21 heavy (non-hydrogen) atoms. The summed E-state index contributed by atoms with van der Waals surface area (Å²) in [6.07, 6.45) is 5.49. The Hall–Kier alpha value is -1.10. The van der Waals surface area contributed by atoms with E-state index in [4.69, 9.17) is 4.74 Å². The molecule has 1 saturated heterocycles. The van der Waals surface area contributed by atoms with Gasteiger partial charge in [-0.15, -0.1) is 0 Å². The lowest BCUT2D eigenvalue weighted by atomic mass is 9.76. The van der Waals surface area contributed by atoms with Gasteiger partial charge in [0.1, 0.15) is 11.1 Å². The number of nitrogens with one attached hydrogen (secondary N) is 1. The third-order valence-electron chi connectivity index (χ3n) is 4.82. The van der Waals surface area contributed by atoms with Crippen LogP contribution >= 0.6 is 0 Å². The second-order valence-corrected chi connectivity index (χ2v) is 6.66. The molecule has 1 heterocycles. The molecule has 1 spiro atoms. The number of amides is 2. The molecule has 5 nitrogen and oxygen atoms in total. The van der Waals surface area contributed by atoms with E-state index in [-0.39, 0.29) is 11.8 Å². The first-order valence-corrected chi connectivity index (χ1v) is 8.16. The molecule has 2 aliphatic rings. The molecule has 1 aliphatic carbocycles. The SMILES string of the molecule is CCOCCCN1C(=O)C2(CCCCC2)NC(=O)C1(C)C. The molecule has 2 fully saturated rings. The fourth-order valence-electron chi connectivity index (χ4n) is 3.40. The van der Waals surface area contributed by atoms with Crippen LogP contribution in [0.15, 0.2) is 0 Å². The van der Waals surface area contributed by atoms with Crippen LogP contribution in [0.5, 0.6) is 0 Å². The van der Waals surface area contributed by atoms with Crippen molar-refractivity contribution >= 4 is 11.8 Å². The van der Waals surface area contributed by atoms with E-state index in [9.17, 15) is 9.59 Å². The van der Waals surface area contributed by atoms with Gasteiger partial charge in [-0.2, -0.15) is 0 Å². The number of carbonyl (C=O) groups excluding carboxylic acids is 2. The lowest BCUT2D eigenvalue weighted by molar-refractivity contribution is -0.163. The molecule has 1 saturated carbocycles. The van der Waals surface area contributed by atoms with Crippen molar-refractivity contribution in [3.05, 3.63) is 0 Å². The zero-order valence-electron chi connectivity index (χ0n) is 13.5. The summed E-state index contributed by atoms with van der Waals surface area (Å²) < 4.78 is 5.35. The minimum Gasteiger partial charge on any atom is -0.382 e. The Kier molecular flexibility index (Phi) is 4.91. The molecule has 1 N–H and O–H groups in total. The molecule has 2 amide bonds. The van der Waals surface area contributed by atoms with Gasteiger partial charge in [-0.3, -0.25) is 9.59 Å². The Bertz CT molecular complexity index is 400. The van der Waals surface area contributed by atoms with E-state index in [1.807, 2.05) is 20.8 Å². The van der Waals surface area contributed by atoms with Gasteiger partial charge >= 0.3 is 0 Å². The van der Waals surface area contributed by atoms with Crippen LogP contribution < -0.4 is 5.32 Å². The van der Waals surface area contributed by atoms with Crippen LogP contribution in [0.4, 0.5) is 0 Å². The maximum Gasteiger partial charge on any atom is 0.249 e. The molecule has 120 valence electrons. The maximum atomic E-state index is 13.0. The highest BCUT2D eigenvalue weighted by molar-refractivity contribution is 6.01. The van der Waals surface area contributed by atoms with Gasteiger partial charge in [0.05, 0.1) is 0 Å². The third kappa shape index (κ3) is 3.07. The predicted molar refractivity (Wildman–Crippen MR) is 80.9 cm³/mol. The summed E-state index contributed by atoms with van der Waals surface area (Å²) in [4.78, 5) is 27.3. The van der Waals surface area contributed by atoms with E-state index < -0.39 is 11.1 Å². The molecule has 0 unspecified atom stereocenters. The van der Waals surface area contributed by atoms with Crippen molar-refractivity contribution in [2.24, 2.45) is 0 Å². The summed E-state index contributed by atoms with van der Waals surface area (Å²) in [5, 5.41) is 3.04. The summed E-state index contributed by atoms with van der Waals surface area (Å²) in [7, 11) is 0. The van der Waals surface area contributed by atoms with Crippen LogP contribution in [0.2, 0.25) is 0 Å². The van der Waals surface area contributed by atoms with Crippen molar-refractivity contribution in [3.63, 3.8) is 0 Å². The van der Waals surface area contributed by atoms with Crippen molar-refractivity contribution in [1.29, 1.82) is 0 Å². The fraction of sp³-hybridized carbons (Fsp3) is 0.875. The lowest BCUT2D eigenvalue weighted by Gasteiger charge is -2.51. The second-order valence-electron chi connectivity index (χ2n) is 6.66. The van der Waals surface area contributed by atoms with Crippen LogP contribution in [0, 0.1) is 0 Å². The zero-order valence-corrected chi connectivity index (χ0v) is 13.5. The van der Waals surface area contributed by atoms with Crippen molar-refractivity contribution in [3.8, 4) is 0 Å². The average Bonchev–Trinajstić information content (AvgIpc) is 2.46. The normalized spacial score (nSPS) is 24.2. The molecule has 0 aromatic carbocycles. The van der Waals surface area contributed by atoms with Gasteiger partial charge in [0.25, 0.3) is 0 Å². The first-order valence-electron chi connectivity index (χ1n) is 8.16. The molecular weight excluding hydrogens is 268 g/mol. The highest BCUT2D eigenvalue weighted by Gasteiger charge is 2.54. The Morgan fingerprint density at radius 2 is 1.86 bits per heavy atom. The van der Waals surface area contributed by atoms with Gasteiger partial charge < -0.3 is 15.0 Å². The van der Waals surface area contributed by atoms with Crippen LogP contribution in [-0.4, -0.2) is 47.6 Å². The second kappa shape index (κ2) is 6.34. The molecule has 0 aromatic rings. The van der Waals surface area contributed by atoms with Gasteiger partial charge in [-0.25, -0.2) is 0 Å². The van der Waals surface area contributed by atoms with Gasteiger partial charge in [-0.05, 0) is 40.0 Å². The zero-order chi connectivity index (χ0) is 15.5. The highest BCUT2D eigenvalue weighted by atomic mass is 16.5. The Labute approximate surface area is 127 Å². The van der Waals surface area contributed by atoms with Crippen molar-refractivity contribution < 1.29 is 14.3 Å². The molecule has 0 bridgehead atoms. The van der Waals surface area contributed by atoms with E-state index in [2.05, 4.69) is 5.32 Å². The largest absolute Gasteiger partial charge is 0.382 e. The van der Waals surface area contributed by atoms with Crippen molar-refractivity contribution in [2.45, 2.75) is 70.4 Å².